The van der Waals surface area contributed by atoms with Crippen LogP contribution in [-0.4, -0.2) is 48.3 Å². The zero-order valence-corrected chi connectivity index (χ0v) is 16.5. The van der Waals surface area contributed by atoms with Gasteiger partial charge in [-0.2, -0.15) is 0 Å². The Labute approximate surface area is 162 Å². The largest absolute Gasteiger partial charge is 0.398 e. The number of likely N-dealkylation sites (N-methyl/N-ethyl adjacent to an activating group) is 1. The lowest BCUT2D eigenvalue weighted by atomic mass is 9.96. The molecule has 1 aromatic carbocycles. The molecule has 0 spiro atoms. The van der Waals surface area contributed by atoms with Gasteiger partial charge in [0.15, 0.2) is 12.1 Å². The van der Waals surface area contributed by atoms with E-state index in [2.05, 4.69) is 0 Å². The van der Waals surface area contributed by atoms with Gasteiger partial charge in [-0.15, -0.1) is 0 Å². The Kier molecular flexibility index (Phi) is 6.41. The number of hydrogen-bond acceptors (Lipinski definition) is 5. The number of nitrogens with two attached hydrogens (primary N) is 1. The van der Waals surface area contributed by atoms with Crippen molar-refractivity contribution in [2.45, 2.75) is 31.6 Å². The van der Waals surface area contributed by atoms with Crippen molar-refractivity contribution in [1.82, 2.24) is 4.90 Å². The molecule has 2 rings (SSSR count). The van der Waals surface area contributed by atoms with Crippen molar-refractivity contribution in [3.05, 3.63) is 38.3 Å². The third-order valence-corrected chi connectivity index (χ3v) is 5.20. The Morgan fingerprint density at radius 1 is 1.32 bits per heavy atom. The van der Waals surface area contributed by atoms with Crippen molar-refractivity contribution in [2.75, 3.05) is 20.7 Å². The van der Waals surface area contributed by atoms with Crippen molar-refractivity contribution in [3.8, 4) is 0 Å². The Morgan fingerprint density at radius 2 is 1.84 bits per heavy atom. The van der Waals surface area contributed by atoms with Gasteiger partial charge < -0.3 is 15.6 Å². The molecule has 0 saturated heterocycles. The quantitative estimate of drug-likeness (QED) is 0.535. The highest BCUT2D eigenvalue weighted by Crippen LogP contribution is 2.45. The number of rotatable bonds is 7. The topological polar surface area (TPSA) is 75.8 Å². The van der Waals surface area contributed by atoms with Crippen LogP contribution in [0.15, 0.2) is 17.7 Å². The van der Waals surface area contributed by atoms with E-state index in [1.807, 2.05) is 19.0 Å². The van der Waals surface area contributed by atoms with Crippen LogP contribution in [-0.2, 0) is 9.53 Å². The molecule has 3 N–H and O–H groups in total. The van der Waals surface area contributed by atoms with Crippen LogP contribution in [0.3, 0.4) is 0 Å². The number of ketones is 1. The monoisotopic (exact) mass is 406 g/mol. The molecule has 0 aromatic heterocycles. The van der Waals surface area contributed by atoms with Gasteiger partial charge in [-0.05, 0) is 46.0 Å². The van der Waals surface area contributed by atoms with Crippen molar-refractivity contribution < 1.29 is 14.6 Å². The number of nitrogens with zero attached hydrogens (tertiary/aromatic N) is 1. The second kappa shape index (κ2) is 7.82. The first-order chi connectivity index (χ1) is 11.7. The lowest BCUT2D eigenvalue weighted by molar-refractivity contribution is -0.127. The summed E-state index contributed by atoms with van der Waals surface area (Å²) in [6, 6.07) is 2.95. The van der Waals surface area contributed by atoms with E-state index in [4.69, 9.17) is 45.3 Å². The van der Waals surface area contributed by atoms with E-state index in [0.717, 1.165) is 0 Å². The molecule has 1 aliphatic rings. The molecule has 0 radical (unpaired) electrons. The average molecular weight is 408 g/mol. The maximum Gasteiger partial charge on any atom is 0.186 e. The van der Waals surface area contributed by atoms with Crippen LogP contribution >= 0.6 is 34.8 Å². The van der Waals surface area contributed by atoms with Crippen molar-refractivity contribution in [2.24, 2.45) is 5.73 Å². The van der Waals surface area contributed by atoms with E-state index in [-0.39, 0.29) is 39.3 Å². The summed E-state index contributed by atoms with van der Waals surface area (Å²) in [5.41, 5.74) is 5.75. The van der Waals surface area contributed by atoms with Crippen molar-refractivity contribution >= 4 is 46.3 Å². The number of benzene rings is 1. The zero-order valence-electron chi connectivity index (χ0n) is 14.3. The van der Waals surface area contributed by atoms with E-state index in [9.17, 15) is 9.90 Å². The Bertz CT molecular complexity index is 692. The number of aliphatic hydroxyl groups is 1. The Balaban J connectivity index is 2.62. The molecule has 0 aliphatic heterocycles. The van der Waals surface area contributed by atoms with Crippen LogP contribution in [0.5, 0.6) is 0 Å². The fourth-order valence-electron chi connectivity index (χ4n) is 2.79. The van der Waals surface area contributed by atoms with Gasteiger partial charge in [0.2, 0.25) is 0 Å². The predicted molar refractivity (Wildman–Crippen MR) is 101 cm³/mol. The first-order valence-electron chi connectivity index (χ1n) is 7.82. The molecule has 25 heavy (non-hydrogen) atoms. The average Bonchev–Trinajstić information content (AvgIpc) is 3.28. The molecule has 1 unspecified atom stereocenters. The molecule has 1 fully saturated rings. The standard InChI is InChI=1S/C17H21Cl3N2O3/c1-4-25-16(24)13(15(23)17(5-6-17)22(2)3)14(21)12-10(19)7-9(18)8-11(12)20/h7-8,16,24H,4-6,21H2,1-3H3. The Hall–Kier alpha value is -0.820. The minimum atomic E-state index is -1.47. The second-order valence-electron chi connectivity index (χ2n) is 6.13. The number of ether oxygens (including phenoxy) is 1. The molecule has 1 aromatic rings. The fraction of sp³-hybridized carbons (Fsp3) is 0.471. The van der Waals surface area contributed by atoms with Gasteiger partial charge in [-0.25, -0.2) is 0 Å². The maximum absolute atomic E-state index is 13.2. The molecule has 1 aliphatic carbocycles. The van der Waals surface area contributed by atoms with Gasteiger partial charge in [0.25, 0.3) is 0 Å². The maximum atomic E-state index is 13.2. The number of carbonyl (C=O) groups excluding carboxylic acids is 1. The minimum absolute atomic E-state index is 0.00857. The molecule has 0 amide bonds. The van der Waals surface area contributed by atoms with Crippen LogP contribution in [0.1, 0.15) is 25.3 Å². The third kappa shape index (κ3) is 3.97. The fourth-order valence-corrected chi connectivity index (χ4v) is 3.81. The summed E-state index contributed by atoms with van der Waals surface area (Å²) in [6.07, 6.45) is -0.120. The molecular weight excluding hydrogens is 387 g/mol. The summed E-state index contributed by atoms with van der Waals surface area (Å²) in [6.45, 7) is 1.92. The highest BCUT2D eigenvalue weighted by Gasteiger charge is 2.54. The lowest BCUT2D eigenvalue weighted by Crippen LogP contribution is -2.42. The molecule has 8 heteroatoms. The number of halogens is 3. The summed E-state index contributed by atoms with van der Waals surface area (Å²) in [4.78, 5) is 15.0. The van der Waals surface area contributed by atoms with E-state index in [0.29, 0.717) is 17.9 Å². The van der Waals surface area contributed by atoms with Gasteiger partial charge >= 0.3 is 0 Å². The number of aliphatic hydroxyl groups excluding tert-OH is 1. The molecule has 5 nitrogen and oxygen atoms in total. The van der Waals surface area contributed by atoms with E-state index in [1.54, 1.807) is 6.92 Å². The number of hydrogen-bond donors (Lipinski definition) is 2. The first-order valence-corrected chi connectivity index (χ1v) is 8.95. The summed E-state index contributed by atoms with van der Waals surface area (Å²) in [5.74, 6) is -0.293. The molecule has 0 bridgehead atoms. The lowest BCUT2D eigenvalue weighted by Gasteiger charge is -2.27. The smallest absolute Gasteiger partial charge is 0.186 e. The summed E-state index contributed by atoms with van der Waals surface area (Å²) < 4.78 is 5.24. The van der Waals surface area contributed by atoms with Gasteiger partial charge in [0.05, 0.1) is 26.9 Å². The summed E-state index contributed by atoms with van der Waals surface area (Å²) >= 11 is 18.4. The first kappa shape index (κ1) is 20.5. The summed E-state index contributed by atoms with van der Waals surface area (Å²) in [5, 5.41) is 11.1. The molecule has 138 valence electrons. The van der Waals surface area contributed by atoms with Crippen LogP contribution in [0.2, 0.25) is 15.1 Å². The van der Waals surface area contributed by atoms with Crippen LogP contribution in [0.4, 0.5) is 0 Å². The third-order valence-electron chi connectivity index (χ3n) is 4.38. The molecule has 0 heterocycles. The predicted octanol–water partition coefficient (Wildman–Crippen LogP) is 3.33. The normalized spacial score (nSPS) is 18.1. The van der Waals surface area contributed by atoms with Gasteiger partial charge in [0, 0.05) is 17.2 Å². The van der Waals surface area contributed by atoms with Crippen LogP contribution in [0.25, 0.3) is 5.70 Å². The highest BCUT2D eigenvalue weighted by atomic mass is 35.5. The van der Waals surface area contributed by atoms with Gasteiger partial charge in [-0.1, -0.05) is 34.8 Å². The number of carbonyl (C=O) groups is 1. The van der Waals surface area contributed by atoms with E-state index < -0.39 is 11.8 Å². The number of Topliss-reactive ketones (excluding diaryl/α,β-unsaturated/α-hetero) is 1. The van der Waals surface area contributed by atoms with Crippen molar-refractivity contribution in [1.29, 1.82) is 0 Å². The minimum Gasteiger partial charge on any atom is -0.398 e. The van der Waals surface area contributed by atoms with Gasteiger partial charge in [0.1, 0.15) is 0 Å². The van der Waals surface area contributed by atoms with E-state index in [1.165, 1.54) is 12.1 Å². The zero-order chi connectivity index (χ0) is 18.9. The molecule has 1 saturated carbocycles. The van der Waals surface area contributed by atoms with Crippen LogP contribution < -0.4 is 5.73 Å². The summed E-state index contributed by atoms with van der Waals surface area (Å²) in [7, 11) is 3.63. The van der Waals surface area contributed by atoms with Gasteiger partial charge in [-0.3, -0.25) is 9.69 Å². The van der Waals surface area contributed by atoms with E-state index >= 15 is 0 Å². The molecular formula is C17H21Cl3N2O3. The second-order valence-corrected chi connectivity index (χ2v) is 7.39. The van der Waals surface area contributed by atoms with Crippen molar-refractivity contribution in [3.63, 3.8) is 0 Å². The molecule has 1 atom stereocenters. The Morgan fingerprint density at radius 3 is 2.24 bits per heavy atom. The SMILES string of the molecule is CCOC(O)C(C(=O)C1(N(C)C)CC1)=C(N)c1c(Cl)cc(Cl)cc1Cl. The highest BCUT2D eigenvalue weighted by molar-refractivity contribution is 6.40. The van der Waals surface area contributed by atoms with Crippen LogP contribution in [0, 0.1) is 0 Å².